The van der Waals surface area contributed by atoms with Gasteiger partial charge in [-0.1, -0.05) is 30.3 Å². The molecule has 0 fully saturated rings. The van der Waals surface area contributed by atoms with Crippen LogP contribution in [0.5, 0.6) is 0 Å². The summed E-state index contributed by atoms with van der Waals surface area (Å²) in [6.45, 7) is 1.41. The fourth-order valence-electron chi connectivity index (χ4n) is 1.98. The summed E-state index contributed by atoms with van der Waals surface area (Å²) in [5.74, 6) is -0.102. The monoisotopic (exact) mass is 308 g/mol. The Morgan fingerprint density at radius 2 is 2.05 bits per heavy atom. The molecule has 0 saturated heterocycles. The third kappa shape index (κ3) is 5.97. The summed E-state index contributed by atoms with van der Waals surface area (Å²) in [7, 11) is 0. The van der Waals surface area contributed by atoms with Gasteiger partial charge in [0.05, 0.1) is 6.04 Å². The molecule has 0 bridgehead atoms. The second-order valence-corrected chi connectivity index (χ2v) is 4.71. The first-order valence-electron chi connectivity index (χ1n) is 6.80. The lowest BCUT2D eigenvalue weighted by Crippen LogP contribution is -2.42. The highest BCUT2D eigenvalue weighted by molar-refractivity contribution is 5.85. The topological polar surface area (TPSA) is 72.9 Å². The summed E-state index contributed by atoms with van der Waals surface area (Å²) in [5.41, 5.74) is 6.97. The van der Waals surface area contributed by atoms with Crippen LogP contribution >= 0.6 is 12.4 Å². The number of carbonyl (C=O) groups is 1. The van der Waals surface area contributed by atoms with Crippen molar-refractivity contribution in [3.63, 3.8) is 0 Å². The number of nitrogens with two attached hydrogens (primary N) is 1. The third-order valence-electron chi connectivity index (χ3n) is 3.06. The Bertz CT molecular complexity index is 516. The van der Waals surface area contributed by atoms with Crippen LogP contribution in [0.25, 0.3) is 0 Å². The third-order valence-corrected chi connectivity index (χ3v) is 3.06. The molecular formula is C15H21ClN4O. The summed E-state index contributed by atoms with van der Waals surface area (Å²) in [6, 6.07) is 11.2. The molecule has 5 nitrogen and oxygen atoms in total. The highest BCUT2D eigenvalue weighted by Gasteiger charge is 2.12. The van der Waals surface area contributed by atoms with Crippen LogP contribution in [0.4, 0.5) is 0 Å². The van der Waals surface area contributed by atoms with Gasteiger partial charge in [-0.05, 0) is 24.5 Å². The van der Waals surface area contributed by atoms with Crippen molar-refractivity contribution in [1.82, 2.24) is 15.1 Å². The van der Waals surface area contributed by atoms with E-state index >= 15 is 0 Å². The van der Waals surface area contributed by atoms with E-state index in [0.29, 0.717) is 13.0 Å². The van der Waals surface area contributed by atoms with E-state index < -0.39 is 6.04 Å². The molecule has 1 aromatic carbocycles. The van der Waals surface area contributed by atoms with Crippen molar-refractivity contribution in [1.29, 1.82) is 0 Å². The number of aromatic nitrogens is 2. The SMILES string of the molecule is Cl.NC(Cc1ccccc1)C(=O)NCCCn1cccn1. The minimum Gasteiger partial charge on any atom is -0.355 e. The minimum atomic E-state index is -0.498. The molecule has 21 heavy (non-hydrogen) atoms. The molecule has 114 valence electrons. The Hall–Kier alpha value is -1.85. The zero-order valence-electron chi connectivity index (χ0n) is 11.8. The predicted molar refractivity (Wildman–Crippen MR) is 85.2 cm³/mol. The van der Waals surface area contributed by atoms with Crippen LogP contribution in [-0.4, -0.2) is 28.3 Å². The van der Waals surface area contributed by atoms with Crippen LogP contribution in [0.3, 0.4) is 0 Å². The molecule has 1 amide bonds. The van der Waals surface area contributed by atoms with Crippen molar-refractivity contribution in [2.45, 2.75) is 25.4 Å². The number of amides is 1. The van der Waals surface area contributed by atoms with E-state index in [2.05, 4.69) is 10.4 Å². The molecule has 0 aliphatic rings. The molecule has 0 saturated carbocycles. The van der Waals surface area contributed by atoms with E-state index in [0.717, 1.165) is 18.5 Å². The van der Waals surface area contributed by atoms with Crippen LogP contribution in [0.2, 0.25) is 0 Å². The lowest BCUT2D eigenvalue weighted by molar-refractivity contribution is -0.122. The number of nitrogens with zero attached hydrogens (tertiary/aromatic N) is 2. The summed E-state index contributed by atoms with van der Waals surface area (Å²) >= 11 is 0. The highest BCUT2D eigenvalue weighted by Crippen LogP contribution is 2.01. The zero-order valence-corrected chi connectivity index (χ0v) is 12.6. The van der Waals surface area contributed by atoms with Crippen molar-refractivity contribution >= 4 is 18.3 Å². The lowest BCUT2D eigenvalue weighted by Gasteiger charge is -2.12. The molecule has 1 atom stereocenters. The smallest absolute Gasteiger partial charge is 0.237 e. The average molecular weight is 309 g/mol. The summed E-state index contributed by atoms with van der Waals surface area (Å²) in [4.78, 5) is 11.9. The van der Waals surface area contributed by atoms with Crippen LogP contribution in [0.1, 0.15) is 12.0 Å². The van der Waals surface area contributed by atoms with E-state index in [4.69, 9.17) is 5.73 Å². The molecule has 3 N–H and O–H groups in total. The second kappa shape index (κ2) is 9.15. The van der Waals surface area contributed by atoms with Gasteiger partial charge < -0.3 is 11.1 Å². The second-order valence-electron chi connectivity index (χ2n) is 4.71. The number of aryl methyl sites for hydroxylation is 1. The van der Waals surface area contributed by atoms with Gasteiger partial charge in [-0.3, -0.25) is 9.48 Å². The van der Waals surface area contributed by atoms with E-state index in [1.54, 1.807) is 6.20 Å². The van der Waals surface area contributed by atoms with Crippen molar-refractivity contribution in [3.8, 4) is 0 Å². The van der Waals surface area contributed by atoms with Gasteiger partial charge in [0.15, 0.2) is 0 Å². The van der Waals surface area contributed by atoms with Crippen LogP contribution in [-0.2, 0) is 17.8 Å². The number of nitrogens with one attached hydrogen (secondary N) is 1. The molecule has 1 heterocycles. The maximum absolute atomic E-state index is 11.9. The first-order chi connectivity index (χ1) is 9.75. The number of hydrogen-bond donors (Lipinski definition) is 2. The molecule has 2 aromatic rings. The van der Waals surface area contributed by atoms with Gasteiger partial charge in [-0.25, -0.2) is 0 Å². The summed E-state index contributed by atoms with van der Waals surface area (Å²) < 4.78 is 1.84. The number of halogens is 1. The molecule has 2 rings (SSSR count). The lowest BCUT2D eigenvalue weighted by atomic mass is 10.1. The van der Waals surface area contributed by atoms with Gasteiger partial charge in [0.1, 0.15) is 0 Å². The Morgan fingerprint density at radius 1 is 1.29 bits per heavy atom. The Labute approximate surface area is 130 Å². The normalized spacial score (nSPS) is 11.5. The first-order valence-corrected chi connectivity index (χ1v) is 6.80. The zero-order chi connectivity index (χ0) is 14.2. The molecule has 0 aliphatic heterocycles. The maximum Gasteiger partial charge on any atom is 0.237 e. The fraction of sp³-hybridized carbons (Fsp3) is 0.333. The van der Waals surface area contributed by atoms with Gasteiger partial charge in [-0.2, -0.15) is 5.10 Å². The predicted octanol–water partition coefficient (Wildman–Crippen LogP) is 1.38. The average Bonchev–Trinajstić information content (AvgIpc) is 2.97. The standard InChI is InChI=1S/C15H20N4O.ClH/c16-14(12-13-6-2-1-3-7-13)15(20)17-8-4-10-19-11-5-9-18-19;/h1-3,5-7,9,11,14H,4,8,10,12,16H2,(H,17,20);1H. The Morgan fingerprint density at radius 3 is 2.71 bits per heavy atom. The van der Waals surface area contributed by atoms with E-state index in [-0.39, 0.29) is 18.3 Å². The molecule has 1 unspecified atom stereocenters. The van der Waals surface area contributed by atoms with E-state index in [9.17, 15) is 4.79 Å². The number of rotatable bonds is 7. The van der Waals surface area contributed by atoms with Crippen LogP contribution in [0.15, 0.2) is 48.8 Å². The van der Waals surface area contributed by atoms with Crippen molar-refractivity contribution in [3.05, 3.63) is 54.4 Å². The van der Waals surface area contributed by atoms with Crippen LogP contribution in [0, 0.1) is 0 Å². The molecule has 0 spiro atoms. The van der Waals surface area contributed by atoms with Gasteiger partial charge in [0.25, 0.3) is 0 Å². The minimum absolute atomic E-state index is 0. The molecule has 0 aliphatic carbocycles. The van der Waals surface area contributed by atoms with Gasteiger partial charge in [-0.15, -0.1) is 12.4 Å². The molecule has 0 radical (unpaired) electrons. The maximum atomic E-state index is 11.9. The van der Waals surface area contributed by atoms with Crippen molar-refractivity contribution < 1.29 is 4.79 Å². The Kier molecular flexibility index (Phi) is 7.50. The highest BCUT2D eigenvalue weighted by atomic mass is 35.5. The van der Waals surface area contributed by atoms with Gasteiger partial charge in [0, 0.05) is 25.5 Å². The summed E-state index contributed by atoms with van der Waals surface area (Å²) in [6.07, 6.45) is 5.05. The largest absolute Gasteiger partial charge is 0.355 e. The quantitative estimate of drug-likeness (QED) is 0.759. The molecular weight excluding hydrogens is 288 g/mol. The van der Waals surface area contributed by atoms with Gasteiger partial charge >= 0.3 is 0 Å². The summed E-state index contributed by atoms with van der Waals surface area (Å²) in [5, 5.41) is 6.96. The Balaban J connectivity index is 0.00000220. The van der Waals surface area contributed by atoms with Gasteiger partial charge in [0.2, 0.25) is 5.91 Å². The number of benzene rings is 1. The van der Waals surface area contributed by atoms with E-state index in [1.165, 1.54) is 0 Å². The van der Waals surface area contributed by atoms with Crippen molar-refractivity contribution in [2.75, 3.05) is 6.54 Å². The van der Waals surface area contributed by atoms with Crippen molar-refractivity contribution in [2.24, 2.45) is 5.73 Å². The van der Waals surface area contributed by atoms with E-state index in [1.807, 2.05) is 47.3 Å². The fourth-order valence-corrected chi connectivity index (χ4v) is 1.98. The van der Waals surface area contributed by atoms with Crippen LogP contribution < -0.4 is 11.1 Å². The molecule has 1 aromatic heterocycles. The molecule has 6 heteroatoms. The first kappa shape index (κ1) is 17.2. The number of hydrogen-bond acceptors (Lipinski definition) is 3. The number of carbonyl (C=O) groups excluding carboxylic acids is 1.